The normalized spacial score (nSPS) is 16.3. The lowest BCUT2D eigenvalue weighted by atomic mass is 10.1. The monoisotopic (exact) mass is 373 g/mol. The van der Waals surface area contributed by atoms with Crippen molar-refractivity contribution in [1.29, 1.82) is 0 Å². The van der Waals surface area contributed by atoms with E-state index in [1.165, 1.54) is 0 Å². The summed E-state index contributed by atoms with van der Waals surface area (Å²) in [6.07, 6.45) is 2.33. The summed E-state index contributed by atoms with van der Waals surface area (Å²) in [5, 5.41) is 12.1. The third kappa shape index (κ3) is 4.44. The van der Waals surface area contributed by atoms with E-state index in [4.69, 9.17) is 0 Å². The largest absolute Gasteiger partial charge is 0.326 e. The van der Waals surface area contributed by atoms with Gasteiger partial charge in [-0.3, -0.25) is 9.59 Å². The molecule has 138 valence electrons. The average Bonchev–Trinajstić information content (AvgIpc) is 2.66. The Bertz CT molecular complexity index is 747. The average molecular weight is 373 g/mol. The maximum absolute atomic E-state index is 12.1. The second kappa shape index (κ2) is 8.86. The molecule has 2 aliphatic heterocycles. The molecule has 1 aromatic carbocycles. The molecule has 3 rings (SSSR count). The van der Waals surface area contributed by atoms with Crippen molar-refractivity contribution in [2.45, 2.75) is 19.3 Å². The highest BCUT2D eigenvalue weighted by molar-refractivity contribution is 8.02. The first-order chi connectivity index (χ1) is 12.7. The van der Waals surface area contributed by atoms with Crippen molar-refractivity contribution >= 4 is 35.1 Å². The number of hydrogen-bond acceptors (Lipinski definition) is 6. The second-order valence-electron chi connectivity index (χ2n) is 6.09. The second-order valence-corrected chi connectivity index (χ2v) is 7.07. The summed E-state index contributed by atoms with van der Waals surface area (Å²) in [4.78, 5) is 26.0. The van der Waals surface area contributed by atoms with Gasteiger partial charge in [-0.15, -0.1) is 11.8 Å². The van der Waals surface area contributed by atoms with E-state index in [0.29, 0.717) is 18.0 Å². The molecular formula is C18H23N5O2S. The molecule has 0 bridgehead atoms. The third-order valence-corrected chi connectivity index (χ3v) is 4.96. The van der Waals surface area contributed by atoms with Gasteiger partial charge in [0.1, 0.15) is 5.70 Å². The number of nitrogens with one attached hydrogen (secondary N) is 3. The summed E-state index contributed by atoms with van der Waals surface area (Å²) < 4.78 is 0. The molecule has 2 aliphatic rings. The Hall–Kier alpha value is -2.32. The fourth-order valence-corrected chi connectivity index (χ4v) is 3.65. The van der Waals surface area contributed by atoms with E-state index in [9.17, 15) is 9.59 Å². The van der Waals surface area contributed by atoms with Crippen molar-refractivity contribution in [1.82, 2.24) is 15.6 Å². The summed E-state index contributed by atoms with van der Waals surface area (Å²) in [6, 6.07) is 7.56. The summed E-state index contributed by atoms with van der Waals surface area (Å²) in [7, 11) is 1.91. The number of carbonyl (C=O) groups excluding carboxylic acids is 2. The summed E-state index contributed by atoms with van der Waals surface area (Å²) in [6.45, 7) is 1.64. The molecule has 8 heteroatoms. The number of benzene rings is 1. The Morgan fingerprint density at radius 3 is 3.12 bits per heavy atom. The molecule has 3 N–H and O–H groups in total. The molecular weight excluding hydrogens is 350 g/mol. The molecule has 1 aromatic rings. The van der Waals surface area contributed by atoms with Gasteiger partial charge in [0.05, 0.1) is 0 Å². The van der Waals surface area contributed by atoms with Gasteiger partial charge in [0.2, 0.25) is 5.91 Å². The minimum atomic E-state index is -0.188. The molecule has 0 saturated heterocycles. The minimum absolute atomic E-state index is 0.00657. The highest BCUT2D eigenvalue weighted by Crippen LogP contribution is 2.25. The number of amides is 2. The number of unbranched alkanes of at least 4 members (excludes halogenated alkanes) is 1. The van der Waals surface area contributed by atoms with Gasteiger partial charge in [-0.2, -0.15) is 5.10 Å². The Kier molecular flexibility index (Phi) is 6.30. The van der Waals surface area contributed by atoms with Crippen LogP contribution < -0.4 is 16.1 Å². The quantitative estimate of drug-likeness (QED) is 0.634. The maximum atomic E-state index is 12.1. The standard InChI is InChI=1S/C18H23N5O2S/c1-19-8-3-2-7-16(24)20-14-6-4-5-13(11-14)17-21-22-18(25)15-12-26-10-9-23(15)17/h4-6,11-12,19H,2-3,7-10H2,1H3,(H,20,24)(H,22,25). The summed E-state index contributed by atoms with van der Waals surface area (Å²) >= 11 is 1.62. The lowest BCUT2D eigenvalue weighted by Gasteiger charge is -2.33. The topological polar surface area (TPSA) is 85.8 Å². The van der Waals surface area contributed by atoms with E-state index >= 15 is 0 Å². The zero-order valence-corrected chi connectivity index (χ0v) is 15.6. The number of amidine groups is 1. The SMILES string of the molecule is CNCCCCC(=O)Nc1cccc(C2=NNC(=O)C3=CSCCN32)c1. The molecule has 0 aromatic heterocycles. The van der Waals surface area contributed by atoms with Crippen molar-refractivity contribution in [3.05, 3.63) is 40.9 Å². The van der Waals surface area contributed by atoms with E-state index in [-0.39, 0.29) is 11.8 Å². The molecule has 2 heterocycles. The van der Waals surface area contributed by atoms with Crippen LogP contribution in [0.2, 0.25) is 0 Å². The number of carbonyl (C=O) groups is 2. The molecule has 0 saturated carbocycles. The van der Waals surface area contributed by atoms with E-state index in [2.05, 4.69) is 21.2 Å². The van der Waals surface area contributed by atoms with Gasteiger partial charge in [0.25, 0.3) is 5.91 Å². The van der Waals surface area contributed by atoms with Crippen LogP contribution in [0.3, 0.4) is 0 Å². The molecule has 0 radical (unpaired) electrons. The first kappa shape index (κ1) is 18.5. The zero-order valence-electron chi connectivity index (χ0n) is 14.7. The molecule has 0 unspecified atom stereocenters. The number of nitrogens with zero attached hydrogens (tertiary/aromatic N) is 2. The van der Waals surface area contributed by atoms with Gasteiger partial charge in [-0.05, 0) is 38.6 Å². The Balaban J connectivity index is 1.69. The van der Waals surface area contributed by atoms with Crippen LogP contribution in [0.15, 0.2) is 40.5 Å². The van der Waals surface area contributed by atoms with Gasteiger partial charge in [0.15, 0.2) is 5.84 Å². The van der Waals surface area contributed by atoms with Gasteiger partial charge < -0.3 is 15.5 Å². The maximum Gasteiger partial charge on any atom is 0.288 e. The van der Waals surface area contributed by atoms with Crippen LogP contribution >= 0.6 is 11.8 Å². The number of hydrogen-bond donors (Lipinski definition) is 3. The van der Waals surface area contributed by atoms with Crippen LogP contribution in [0.1, 0.15) is 24.8 Å². The molecule has 7 nitrogen and oxygen atoms in total. The van der Waals surface area contributed by atoms with Crippen molar-refractivity contribution in [3.63, 3.8) is 0 Å². The first-order valence-corrected chi connectivity index (χ1v) is 9.76. The van der Waals surface area contributed by atoms with Crippen molar-refractivity contribution < 1.29 is 9.59 Å². The van der Waals surface area contributed by atoms with Crippen LogP contribution in [-0.4, -0.2) is 48.4 Å². The van der Waals surface area contributed by atoms with Gasteiger partial charge in [0, 0.05) is 35.4 Å². The number of fused-ring (bicyclic) bond motifs is 1. The van der Waals surface area contributed by atoms with Crippen LogP contribution in [0.5, 0.6) is 0 Å². The molecule has 0 aliphatic carbocycles. The first-order valence-electron chi connectivity index (χ1n) is 8.71. The Morgan fingerprint density at radius 2 is 2.27 bits per heavy atom. The molecule has 0 fully saturated rings. The number of rotatable bonds is 7. The molecule has 0 atom stereocenters. The van der Waals surface area contributed by atoms with E-state index in [1.54, 1.807) is 11.8 Å². The highest BCUT2D eigenvalue weighted by atomic mass is 32.2. The fraction of sp³-hybridized carbons (Fsp3) is 0.389. The molecule has 2 amide bonds. The predicted octanol–water partition coefficient (Wildman–Crippen LogP) is 1.70. The zero-order chi connectivity index (χ0) is 18.4. The molecule has 26 heavy (non-hydrogen) atoms. The predicted molar refractivity (Wildman–Crippen MR) is 105 cm³/mol. The van der Waals surface area contributed by atoms with Crippen LogP contribution in [0.25, 0.3) is 0 Å². The smallest absolute Gasteiger partial charge is 0.288 e. The van der Waals surface area contributed by atoms with Crippen molar-refractivity contribution in [2.24, 2.45) is 5.10 Å². The highest BCUT2D eigenvalue weighted by Gasteiger charge is 2.29. The van der Waals surface area contributed by atoms with E-state index < -0.39 is 0 Å². The Morgan fingerprint density at radius 1 is 1.38 bits per heavy atom. The Labute approximate surface area is 157 Å². The van der Waals surface area contributed by atoms with Crippen molar-refractivity contribution in [3.8, 4) is 0 Å². The summed E-state index contributed by atoms with van der Waals surface area (Å²) in [5.41, 5.74) is 4.77. The van der Waals surface area contributed by atoms with E-state index in [1.807, 2.05) is 41.6 Å². The van der Waals surface area contributed by atoms with Crippen LogP contribution in [0, 0.1) is 0 Å². The third-order valence-electron chi connectivity index (χ3n) is 4.16. The number of thioether (sulfide) groups is 1. The minimum Gasteiger partial charge on any atom is -0.326 e. The van der Waals surface area contributed by atoms with Gasteiger partial charge in [-0.1, -0.05) is 12.1 Å². The lowest BCUT2D eigenvalue weighted by Crippen LogP contribution is -2.45. The van der Waals surface area contributed by atoms with Crippen LogP contribution in [0.4, 0.5) is 5.69 Å². The number of anilines is 1. The van der Waals surface area contributed by atoms with Gasteiger partial charge in [-0.25, -0.2) is 5.43 Å². The summed E-state index contributed by atoms with van der Waals surface area (Å²) in [5.74, 6) is 1.42. The van der Waals surface area contributed by atoms with Crippen molar-refractivity contribution in [2.75, 3.05) is 31.2 Å². The van der Waals surface area contributed by atoms with Crippen LogP contribution in [-0.2, 0) is 9.59 Å². The van der Waals surface area contributed by atoms with E-state index in [0.717, 1.165) is 42.9 Å². The fourth-order valence-electron chi connectivity index (χ4n) is 2.85. The number of hydrazone groups is 1. The lowest BCUT2D eigenvalue weighted by molar-refractivity contribution is -0.119. The van der Waals surface area contributed by atoms with Gasteiger partial charge >= 0.3 is 0 Å². The molecule has 0 spiro atoms.